The number of hydrogen-bond donors (Lipinski definition) is 1. The van der Waals surface area contributed by atoms with Crippen LogP contribution in [0.4, 0.5) is 0 Å². The SMILES string of the molecule is CCC(CC)N(CC(C)C)CC(C)CN. The topological polar surface area (TPSA) is 29.3 Å². The summed E-state index contributed by atoms with van der Waals surface area (Å²) in [6, 6.07) is 0.737. The molecule has 0 aromatic rings. The van der Waals surface area contributed by atoms with E-state index in [1.807, 2.05) is 0 Å². The maximum absolute atomic E-state index is 5.71. The third kappa shape index (κ3) is 6.16. The standard InChI is InChI=1S/C13H30N2/c1-6-13(7-2)15(9-11(3)4)10-12(5)8-14/h11-13H,6-10,14H2,1-5H3. The summed E-state index contributed by atoms with van der Waals surface area (Å²) < 4.78 is 0. The van der Waals surface area contributed by atoms with Gasteiger partial charge in [0.2, 0.25) is 0 Å². The molecule has 0 aliphatic carbocycles. The van der Waals surface area contributed by atoms with E-state index in [9.17, 15) is 0 Å². The van der Waals surface area contributed by atoms with E-state index in [4.69, 9.17) is 5.73 Å². The molecule has 0 heterocycles. The fraction of sp³-hybridized carbons (Fsp3) is 1.00. The molecule has 0 aromatic carbocycles. The predicted molar refractivity (Wildman–Crippen MR) is 69.0 cm³/mol. The van der Waals surface area contributed by atoms with Gasteiger partial charge in [0.1, 0.15) is 0 Å². The summed E-state index contributed by atoms with van der Waals surface area (Å²) in [4.78, 5) is 2.63. The summed E-state index contributed by atoms with van der Waals surface area (Å²) in [5.74, 6) is 1.36. The Labute approximate surface area is 96.2 Å². The predicted octanol–water partition coefficient (Wildman–Crippen LogP) is 2.73. The van der Waals surface area contributed by atoms with Crippen molar-refractivity contribution >= 4 is 0 Å². The Morgan fingerprint density at radius 1 is 1.00 bits per heavy atom. The van der Waals surface area contributed by atoms with Crippen molar-refractivity contribution in [3.63, 3.8) is 0 Å². The van der Waals surface area contributed by atoms with Gasteiger partial charge in [0.15, 0.2) is 0 Å². The first-order valence-corrected chi connectivity index (χ1v) is 6.49. The molecule has 2 heteroatoms. The molecular weight excluding hydrogens is 184 g/mol. The first kappa shape index (κ1) is 14.9. The van der Waals surface area contributed by atoms with Gasteiger partial charge >= 0.3 is 0 Å². The summed E-state index contributed by atoms with van der Waals surface area (Å²) in [6.07, 6.45) is 2.50. The van der Waals surface area contributed by atoms with Crippen LogP contribution in [0.5, 0.6) is 0 Å². The van der Waals surface area contributed by atoms with Gasteiger partial charge in [-0.05, 0) is 31.2 Å². The molecule has 0 saturated heterocycles. The van der Waals surface area contributed by atoms with Gasteiger partial charge in [0, 0.05) is 19.1 Å². The van der Waals surface area contributed by atoms with Crippen LogP contribution in [-0.2, 0) is 0 Å². The first-order valence-electron chi connectivity index (χ1n) is 6.49. The van der Waals surface area contributed by atoms with Crippen molar-refractivity contribution in [3.05, 3.63) is 0 Å². The van der Waals surface area contributed by atoms with Gasteiger partial charge in [-0.2, -0.15) is 0 Å². The lowest BCUT2D eigenvalue weighted by Crippen LogP contribution is -2.41. The molecule has 0 aromatic heterocycles. The van der Waals surface area contributed by atoms with Gasteiger partial charge in [-0.3, -0.25) is 4.90 Å². The zero-order chi connectivity index (χ0) is 11.8. The molecule has 2 nitrogen and oxygen atoms in total. The molecule has 0 rings (SSSR count). The summed E-state index contributed by atoms with van der Waals surface area (Å²) in [5.41, 5.74) is 5.71. The van der Waals surface area contributed by atoms with E-state index < -0.39 is 0 Å². The fourth-order valence-electron chi connectivity index (χ4n) is 2.12. The second-order valence-electron chi connectivity index (χ2n) is 5.16. The third-order valence-corrected chi connectivity index (χ3v) is 3.01. The summed E-state index contributed by atoms with van der Waals surface area (Å²) in [7, 11) is 0. The summed E-state index contributed by atoms with van der Waals surface area (Å²) in [5, 5.41) is 0. The van der Waals surface area contributed by atoms with Gasteiger partial charge < -0.3 is 5.73 Å². The summed E-state index contributed by atoms with van der Waals surface area (Å²) in [6.45, 7) is 14.6. The molecule has 92 valence electrons. The first-order chi connectivity index (χ1) is 7.04. The Kier molecular flexibility index (Phi) is 8.07. The van der Waals surface area contributed by atoms with E-state index >= 15 is 0 Å². The molecule has 0 spiro atoms. The highest BCUT2D eigenvalue weighted by atomic mass is 15.2. The quantitative estimate of drug-likeness (QED) is 0.673. The van der Waals surface area contributed by atoms with E-state index in [-0.39, 0.29) is 0 Å². The Morgan fingerprint density at radius 2 is 1.53 bits per heavy atom. The molecule has 0 bridgehead atoms. The van der Waals surface area contributed by atoms with E-state index in [2.05, 4.69) is 39.5 Å². The van der Waals surface area contributed by atoms with Crippen LogP contribution in [0, 0.1) is 11.8 Å². The fourth-order valence-corrected chi connectivity index (χ4v) is 2.12. The highest BCUT2D eigenvalue weighted by molar-refractivity contribution is 4.72. The molecule has 0 fully saturated rings. The lowest BCUT2D eigenvalue weighted by molar-refractivity contribution is 0.146. The second kappa shape index (κ2) is 8.12. The van der Waals surface area contributed by atoms with Gasteiger partial charge in [-0.1, -0.05) is 34.6 Å². The van der Waals surface area contributed by atoms with Crippen molar-refractivity contribution in [2.24, 2.45) is 17.6 Å². The smallest absolute Gasteiger partial charge is 0.00902 e. The molecule has 15 heavy (non-hydrogen) atoms. The lowest BCUT2D eigenvalue weighted by Gasteiger charge is -2.33. The molecule has 0 aliphatic rings. The van der Waals surface area contributed by atoms with Crippen molar-refractivity contribution < 1.29 is 0 Å². The Hall–Kier alpha value is -0.0800. The van der Waals surface area contributed by atoms with Crippen molar-refractivity contribution in [3.8, 4) is 0 Å². The number of nitrogens with two attached hydrogens (primary N) is 1. The van der Waals surface area contributed by atoms with Crippen LogP contribution in [0.1, 0.15) is 47.5 Å². The molecule has 0 saturated carbocycles. The average Bonchev–Trinajstić information content (AvgIpc) is 2.18. The lowest BCUT2D eigenvalue weighted by atomic mass is 10.0. The van der Waals surface area contributed by atoms with Gasteiger partial charge in [-0.25, -0.2) is 0 Å². The van der Waals surface area contributed by atoms with E-state index in [0.29, 0.717) is 5.92 Å². The Balaban J connectivity index is 4.27. The number of rotatable bonds is 8. The normalized spacial score (nSPS) is 14.2. The molecule has 0 radical (unpaired) electrons. The largest absolute Gasteiger partial charge is 0.330 e. The van der Waals surface area contributed by atoms with Crippen LogP contribution in [0.2, 0.25) is 0 Å². The molecule has 0 aliphatic heterocycles. The zero-order valence-corrected chi connectivity index (χ0v) is 11.3. The van der Waals surface area contributed by atoms with Crippen molar-refractivity contribution in [1.82, 2.24) is 4.90 Å². The van der Waals surface area contributed by atoms with Crippen LogP contribution < -0.4 is 5.73 Å². The van der Waals surface area contributed by atoms with Crippen LogP contribution >= 0.6 is 0 Å². The molecule has 1 unspecified atom stereocenters. The van der Waals surface area contributed by atoms with Gasteiger partial charge in [-0.15, -0.1) is 0 Å². The van der Waals surface area contributed by atoms with E-state index in [1.165, 1.54) is 19.4 Å². The highest BCUT2D eigenvalue weighted by Gasteiger charge is 2.17. The minimum atomic E-state index is 0.615. The molecular formula is C13H30N2. The summed E-state index contributed by atoms with van der Waals surface area (Å²) >= 11 is 0. The maximum Gasteiger partial charge on any atom is 0.00902 e. The monoisotopic (exact) mass is 214 g/mol. The highest BCUT2D eigenvalue weighted by Crippen LogP contribution is 2.13. The van der Waals surface area contributed by atoms with Crippen molar-refractivity contribution in [2.75, 3.05) is 19.6 Å². The van der Waals surface area contributed by atoms with Crippen molar-refractivity contribution in [1.29, 1.82) is 0 Å². The van der Waals surface area contributed by atoms with Crippen LogP contribution in [0.15, 0.2) is 0 Å². The number of hydrogen-bond acceptors (Lipinski definition) is 2. The molecule has 1 atom stereocenters. The zero-order valence-electron chi connectivity index (χ0n) is 11.3. The van der Waals surface area contributed by atoms with Gasteiger partial charge in [0.05, 0.1) is 0 Å². The van der Waals surface area contributed by atoms with Crippen LogP contribution in [0.25, 0.3) is 0 Å². The van der Waals surface area contributed by atoms with Crippen molar-refractivity contribution in [2.45, 2.75) is 53.5 Å². The van der Waals surface area contributed by atoms with E-state index in [0.717, 1.165) is 25.0 Å². The Morgan fingerprint density at radius 3 is 1.87 bits per heavy atom. The Bertz CT molecular complexity index is 141. The van der Waals surface area contributed by atoms with Crippen LogP contribution in [-0.4, -0.2) is 30.6 Å². The van der Waals surface area contributed by atoms with Gasteiger partial charge in [0.25, 0.3) is 0 Å². The molecule has 0 amide bonds. The third-order valence-electron chi connectivity index (χ3n) is 3.01. The molecule has 2 N–H and O–H groups in total. The average molecular weight is 214 g/mol. The van der Waals surface area contributed by atoms with Crippen LogP contribution in [0.3, 0.4) is 0 Å². The number of nitrogens with zero attached hydrogens (tertiary/aromatic N) is 1. The maximum atomic E-state index is 5.71. The minimum absolute atomic E-state index is 0.615. The van der Waals surface area contributed by atoms with E-state index in [1.54, 1.807) is 0 Å². The second-order valence-corrected chi connectivity index (χ2v) is 5.16. The minimum Gasteiger partial charge on any atom is -0.330 e.